The topological polar surface area (TPSA) is 26.3 Å². The van der Waals surface area contributed by atoms with Crippen molar-refractivity contribution in [2.75, 3.05) is 12.9 Å². The maximum Gasteiger partial charge on any atom is 0.334 e. The highest BCUT2D eigenvalue weighted by Crippen LogP contribution is 2.15. The fraction of sp³-hybridized carbons (Fsp3) is 0.286. The molecule has 0 aromatic heterocycles. The Hall–Kier alpha value is -0.700. The van der Waals surface area contributed by atoms with Crippen molar-refractivity contribution in [3.05, 3.63) is 23.1 Å². The molecule has 0 bridgehead atoms. The Morgan fingerprint density at radius 2 is 2.60 bits per heavy atom. The minimum absolute atomic E-state index is 0.225. The van der Waals surface area contributed by atoms with Crippen molar-refractivity contribution < 1.29 is 9.53 Å². The van der Waals surface area contributed by atoms with E-state index in [4.69, 9.17) is 0 Å². The zero-order valence-corrected chi connectivity index (χ0v) is 6.48. The zero-order chi connectivity index (χ0) is 7.40. The lowest BCUT2D eigenvalue weighted by Gasteiger charge is -2.04. The smallest absolute Gasteiger partial charge is 0.334 e. The van der Waals surface area contributed by atoms with Crippen LogP contribution in [0.25, 0.3) is 0 Å². The molecule has 0 atom stereocenters. The van der Waals surface area contributed by atoms with Crippen LogP contribution < -0.4 is 0 Å². The van der Waals surface area contributed by atoms with Gasteiger partial charge in [-0.3, -0.25) is 0 Å². The van der Waals surface area contributed by atoms with Gasteiger partial charge >= 0.3 is 5.97 Å². The van der Waals surface area contributed by atoms with Gasteiger partial charge in [-0.25, -0.2) is 4.79 Å². The monoisotopic (exact) mass is 156 g/mol. The van der Waals surface area contributed by atoms with Crippen molar-refractivity contribution in [3.63, 3.8) is 0 Å². The van der Waals surface area contributed by atoms with Crippen LogP contribution >= 0.6 is 11.8 Å². The van der Waals surface area contributed by atoms with Gasteiger partial charge in [0.1, 0.15) is 0 Å². The molecule has 0 aromatic carbocycles. The second-order valence-electron chi connectivity index (χ2n) is 1.82. The lowest BCUT2D eigenvalue weighted by atomic mass is 10.3. The summed E-state index contributed by atoms with van der Waals surface area (Å²) in [6.07, 6.45) is 3.63. The number of thioether (sulfide) groups is 1. The van der Waals surface area contributed by atoms with E-state index in [1.54, 1.807) is 17.8 Å². The highest BCUT2D eigenvalue weighted by atomic mass is 32.2. The van der Waals surface area contributed by atoms with Gasteiger partial charge in [-0.15, -0.1) is 11.8 Å². The van der Waals surface area contributed by atoms with Crippen LogP contribution in [0, 0.1) is 0 Å². The number of carbonyl (C=O) groups excluding carboxylic acids is 1. The molecule has 0 aliphatic carbocycles. The average molecular weight is 156 g/mol. The second-order valence-corrected chi connectivity index (χ2v) is 2.72. The van der Waals surface area contributed by atoms with Crippen LogP contribution in [0.15, 0.2) is 23.1 Å². The fourth-order valence-corrected chi connectivity index (χ4v) is 1.33. The maximum atomic E-state index is 10.8. The average Bonchev–Trinajstić information content (AvgIpc) is 2.05. The summed E-state index contributed by atoms with van der Waals surface area (Å²) < 4.78 is 4.54. The van der Waals surface area contributed by atoms with Crippen molar-refractivity contribution >= 4 is 17.7 Å². The van der Waals surface area contributed by atoms with E-state index in [9.17, 15) is 4.79 Å². The number of esters is 1. The Bertz CT molecular complexity index is 194. The van der Waals surface area contributed by atoms with Gasteiger partial charge in [-0.1, -0.05) is 12.2 Å². The number of rotatable bonds is 1. The van der Waals surface area contributed by atoms with Gasteiger partial charge in [0, 0.05) is 11.3 Å². The van der Waals surface area contributed by atoms with E-state index >= 15 is 0 Å². The van der Waals surface area contributed by atoms with E-state index in [0.29, 0.717) is 0 Å². The molecular formula is C7H8O2S. The molecule has 0 saturated heterocycles. The first-order chi connectivity index (χ1) is 4.84. The Morgan fingerprint density at radius 1 is 1.80 bits per heavy atom. The van der Waals surface area contributed by atoms with Crippen LogP contribution in [-0.2, 0) is 9.53 Å². The van der Waals surface area contributed by atoms with E-state index in [0.717, 1.165) is 11.3 Å². The lowest BCUT2D eigenvalue weighted by Crippen LogP contribution is -2.07. The molecule has 1 rings (SSSR count). The maximum absolute atomic E-state index is 10.8. The van der Waals surface area contributed by atoms with Crippen LogP contribution in [0.1, 0.15) is 0 Å². The molecule has 0 N–H and O–H groups in total. The summed E-state index contributed by atoms with van der Waals surface area (Å²) in [6.45, 7) is 0. The quantitative estimate of drug-likeness (QED) is 0.536. The molecule has 0 amide bonds. The number of ether oxygens (including phenoxy) is 1. The third kappa shape index (κ3) is 1.64. The summed E-state index contributed by atoms with van der Waals surface area (Å²) in [6, 6.07) is 0. The Morgan fingerprint density at radius 3 is 3.10 bits per heavy atom. The molecule has 2 nitrogen and oxygen atoms in total. The minimum Gasteiger partial charge on any atom is -0.466 e. The molecule has 0 aromatic rings. The Balaban J connectivity index is 2.62. The predicted molar refractivity (Wildman–Crippen MR) is 41.7 cm³/mol. The molecule has 54 valence electrons. The predicted octanol–water partition coefficient (Wildman–Crippen LogP) is 1.35. The number of hydrogen-bond donors (Lipinski definition) is 0. The third-order valence-corrected chi connectivity index (χ3v) is 1.99. The van der Waals surface area contributed by atoms with Crippen LogP contribution in [-0.4, -0.2) is 18.8 Å². The summed E-state index contributed by atoms with van der Waals surface area (Å²) >= 11 is 1.60. The highest BCUT2D eigenvalue weighted by Gasteiger charge is 2.09. The summed E-state index contributed by atoms with van der Waals surface area (Å²) in [5, 5.41) is 1.95. The summed E-state index contributed by atoms with van der Waals surface area (Å²) in [4.78, 5) is 10.8. The molecule has 1 aliphatic heterocycles. The molecule has 0 saturated carbocycles. The van der Waals surface area contributed by atoms with Crippen LogP contribution in [0.5, 0.6) is 0 Å². The first-order valence-electron chi connectivity index (χ1n) is 2.90. The van der Waals surface area contributed by atoms with Gasteiger partial charge in [-0.05, 0) is 5.41 Å². The van der Waals surface area contributed by atoms with E-state index < -0.39 is 0 Å². The van der Waals surface area contributed by atoms with Gasteiger partial charge in [0.2, 0.25) is 0 Å². The number of hydrogen-bond acceptors (Lipinski definition) is 3. The lowest BCUT2D eigenvalue weighted by molar-refractivity contribution is -0.135. The fourth-order valence-electron chi connectivity index (χ4n) is 0.655. The highest BCUT2D eigenvalue weighted by molar-refractivity contribution is 8.02. The second kappa shape index (κ2) is 3.46. The molecule has 0 radical (unpaired) electrons. The number of methoxy groups -OCH3 is 1. The standard InChI is InChI=1S/C7H8O2S/c1-9-7(8)6-3-2-4-10-5-6/h2-4H,5H2,1H3. The van der Waals surface area contributed by atoms with Crippen LogP contribution in [0.3, 0.4) is 0 Å². The summed E-state index contributed by atoms with van der Waals surface area (Å²) in [5.74, 6) is 0.500. The van der Waals surface area contributed by atoms with Crippen molar-refractivity contribution in [1.82, 2.24) is 0 Å². The first kappa shape index (κ1) is 7.41. The molecule has 3 heteroatoms. The SMILES string of the molecule is COC(=O)C1=CC=CSC1. The third-order valence-electron chi connectivity index (χ3n) is 1.16. The van der Waals surface area contributed by atoms with E-state index in [1.807, 2.05) is 11.5 Å². The van der Waals surface area contributed by atoms with Gasteiger partial charge < -0.3 is 4.74 Å². The molecule has 1 heterocycles. The van der Waals surface area contributed by atoms with Gasteiger partial charge in [0.25, 0.3) is 0 Å². The van der Waals surface area contributed by atoms with Crippen molar-refractivity contribution in [2.45, 2.75) is 0 Å². The summed E-state index contributed by atoms with van der Waals surface area (Å²) in [7, 11) is 1.40. The summed E-state index contributed by atoms with van der Waals surface area (Å²) in [5.41, 5.74) is 0.731. The van der Waals surface area contributed by atoms with Gasteiger partial charge in [0.15, 0.2) is 0 Å². The first-order valence-corrected chi connectivity index (χ1v) is 3.95. The Labute approximate surface area is 63.9 Å². The van der Waals surface area contributed by atoms with Crippen molar-refractivity contribution in [2.24, 2.45) is 0 Å². The van der Waals surface area contributed by atoms with E-state index in [-0.39, 0.29) is 5.97 Å². The van der Waals surface area contributed by atoms with E-state index in [1.165, 1.54) is 7.11 Å². The normalized spacial score (nSPS) is 16.3. The van der Waals surface area contributed by atoms with Crippen LogP contribution in [0.4, 0.5) is 0 Å². The van der Waals surface area contributed by atoms with Crippen molar-refractivity contribution in [1.29, 1.82) is 0 Å². The molecule has 1 aliphatic rings. The molecule has 0 fully saturated rings. The van der Waals surface area contributed by atoms with Gasteiger partial charge in [0.05, 0.1) is 7.11 Å². The number of carbonyl (C=O) groups is 1. The molecule has 0 unspecified atom stereocenters. The minimum atomic E-state index is -0.225. The van der Waals surface area contributed by atoms with Crippen molar-refractivity contribution in [3.8, 4) is 0 Å². The van der Waals surface area contributed by atoms with E-state index in [2.05, 4.69) is 4.74 Å². The largest absolute Gasteiger partial charge is 0.466 e. The number of allylic oxidation sites excluding steroid dienone is 2. The molecular weight excluding hydrogens is 148 g/mol. The molecule has 0 spiro atoms. The van der Waals surface area contributed by atoms with Gasteiger partial charge in [-0.2, -0.15) is 0 Å². The Kier molecular flexibility index (Phi) is 2.57. The zero-order valence-electron chi connectivity index (χ0n) is 5.66. The van der Waals surface area contributed by atoms with Crippen LogP contribution in [0.2, 0.25) is 0 Å². The molecule has 10 heavy (non-hydrogen) atoms.